The summed E-state index contributed by atoms with van der Waals surface area (Å²) in [6.07, 6.45) is 5.61. The standard InChI is InChI=1S/C18H21N3O4/c1-2-25-16(22)11-13-7-3-5-9-20(13)17(23)14-12-19-15-8-4-6-10-21(15)18(14)24/h4,6,8,10,12-13H,2-3,5,7,9,11H2,1H3. The minimum Gasteiger partial charge on any atom is -0.466 e. The number of aromatic nitrogens is 2. The summed E-state index contributed by atoms with van der Waals surface area (Å²) in [7, 11) is 0. The summed E-state index contributed by atoms with van der Waals surface area (Å²) in [5.74, 6) is -0.690. The normalized spacial score (nSPS) is 17.5. The summed E-state index contributed by atoms with van der Waals surface area (Å²) in [5, 5.41) is 0. The van der Waals surface area contributed by atoms with E-state index in [4.69, 9.17) is 4.74 Å². The third kappa shape index (κ3) is 3.55. The van der Waals surface area contributed by atoms with Gasteiger partial charge in [0.15, 0.2) is 0 Å². The Bertz CT molecular complexity index is 846. The van der Waals surface area contributed by atoms with Gasteiger partial charge in [0.25, 0.3) is 11.5 Å². The topological polar surface area (TPSA) is 81.0 Å². The molecule has 1 atom stereocenters. The molecule has 0 aliphatic carbocycles. The number of likely N-dealkylation sites (tertiary alicyclic amines) is 1. The average molecular weight is 343 g/mol. The van der Waals surface area contributed by atoms with Crippen LogP contribution in [-0.2, 0) is 9.53 Å². The van der Waals surface area contributed by atoms with Crippen LogP contribution < -0.4 is 5.56 Å². The molecule has 0 spiro atoms. The van der Waals surface area contributed by atoms with E-state index in [2.05, 4.69) is 4.98 Å². The molecular formula is C18H21N3O4. The maximum atomic E-state index is 12.9. The molecule has 1 aliphatic heterocycles. The number of carbonyl (C=O) groups is 2. The number of pyridine rings is 1. The van der Waals surface area contributed by atoms with Crippen molar-refractivity contribution in [3.63, 3.8) is 0 Å². The highest BCUT2D eigenvalue weighted by Crippen LogP contribution is 2.21. The van der Waals surface area contributed by atoms with Gasteiger partial charge in [-0.3, -0.25) is 18.8 Å². The van der Waals surface area contributed by atoms with E-state index in [0.29, 0.717) is 18.8 Å². The van der Waals surface area contributed by atoms with Crippen LogP contribution in [0.15, 0.2) is 35.4 Å². The van der Waals surface area contributed by atoms with Crippen molar-refractivity contribution < 1.29 is 14.3 Å². The van der Waals surface area contributed by atoms with Crippen molar-refractivity contribution in [2.75, 3.05) is 13.2 Å². The van der Waals surface area contributed by atoms with E-state index in [-0.39, 0.29) is 29.9 Å². The number of fused-ring (bicyclic) bond motifs is 1. The molecule has 3 rings (SSSR count). The molecular weight excluding hydrogens is 322 g/mol. The smallest absolute Gasteiger partial charge is 0.307 e. The van der Waals surface area contributed by atoms with Crippen LogP contribution in [0.3, 0.4) is 0 Å². The van der Waals surface area contributed by atoms with Crippen LogP contribution in [-0.4, -0.2) is 45.4 Å². The Balaban J connectivity index is 1.89. The first-order chi connectivity index (χ1) is 12.1. The Labute approximate surface area is 145 Å². The molecule has 1 unspecified atom stereocenters. The van der Waals surface area contributed by atoms with Crippen molar-refractivity contribution in [3.8, 4) is 0 Å². The maximum Gasteiger partial charge on any atom is 0.307 e. The van der Waals surface area contributed by atoms with Gasteiger partial charge in [0, 0.05) is 25.0 Å². The van der Waals surface area contributed by atoms with Crippen molar-refractivity contribution in [3.05, 3.63) is 46.5 Å². The van der Waals surface area contributed by atoms with Crippen LogP contribution in [0, 0.1) is 0 Å². The average Bonchev–Trinajstić information content (AvgIpc) is 2.62. The Morgan fingerprint density at radius 3 is 2.96 bits per heavy atom. The van der Waals surface area contributed by atoms with E-state index in [1.165, 1.54) is 10.6 Å². The first kappa shape index (κ1) is 17.1. The summed E-state index contributed by atoms with van der Waals surface area (Å²) in [6, 6.07) is 4.97. The van der Waals surface area contributed by atoms with Crippen LogP contribution in [0.25, 0.3) is 5.65 Å². The highest BCUT2D eigenvalue weighted by molar-refractivity contribution is 5.94. The fraction of sp³-hybridized carbons (Fsp3) is 0.444. The highest BCUT2D eigenvalue weighted by Gasteiger charge is 2.31. The summed E-state index contributed by atoms with van der Waals surface area (Å²) in [4.78, 5) is 43.2. The predicted molar refractivity (Wildman–Crippen MR) is 91.4 cm³/mol. The third-order valence-electron chi connectivity index (χ3n) is 4.44. The van der Waals surface area contributed by atoms with Gasteiger partial charge < -0.3 is 9.64 Å². The predicted octanol–water partition coefficient (Wildman–Crippen LogP) is 1.64. The lowest BCUT2D eigenvalue weighted by molar-refractivity contribution is -0.144. The van der Waals surface area contributed by atoms with E-state index in [1.807, 2.05) is 0 Å². The lowest BCUT2D eigenvalue weighted by Crippen LogP contribution is -2.46. The molecule has 7 nitrogen and oxygen atoms in total. The van der Waals surface area contributed by atoms with Gasteiger partial charge in [-0.05, 0) is 38.3 Å². The lowest BCUT2D eigenvalue weighted by atomic mass is 9.98. The van der Waals surface area contributed by atoms with Crippen LogP contribution in [0.2, 0.25) is 0 Å². The van der Waals surface area contributed by atoms with Gasteiger partial charge in [-0.15, -0.1) is 0 Å². The van der Waals surface area contributed by atoms with E-state index in [0.717, 1.165) is 19.3 Å². The summed E-state index contributed by atoms with van der Waals surface area (Å²) < 4.78 is 6.36. The summed E-state index contributed by atoms with van der Waals surface area (Å²) >= 11 is 0. The van der Waals surface area contributed by atoms with Crippen molar-refractivity contribution in [2.45, 2.75) is 38.6 Å². The van der Waals surface area contributed by atoms with Crippen LogP contribution >= 0.6 is 0 Å². The zero-order valence-corrected chi connectivity index (χ0v) is 14.2. The largest absolute Gasteiger partial charge is 0.466 e. The number of amides is 1. The van der Waals surface area contributed by atoms with E-state index < -0.39 is 5.56 Å². The molecule has 1 fully saturated rings. The second-order valence-electron chi connectivity index (χ2n) is 6.06. The third-order valence-corrected chi connectivity index (χ3v) is 4.44. The van der Waals surface area contributed by atoms with Crippen molar-refractivity contribution in [1.82, 2.24) is 14.3 Å². The van der Waals surface area contributed by atoms with E-state index in [1.54, 1.807) is 36.2 Å². The van der Waals surface area contributed by atoms with Gasteiger partial charge >= 0.3 is 5.97 Å². The Morgan fingerprint density at radius 2 is 2.16 bits per heavy atom. The van der Waals surface area contributed by atoms with Crippen LogP contribution in [0.5, 0.6) is 0 Å². The first-order valence-corrected chi connectivity index (χ1v) is 8.54. The minimum atomic E-state index is -0.393. The number of hydrogen-bond donors (Lipinski definition) is 0. The molecule has 0 radical (unpaired) electrons. The maximum absolute atomic E-state index is 12.9. The Hall–Kier alpha value is -2.70. The van der Waals surface area contributed by atoms with Crippen molar-refractivity contribution >= 4 is 17.5 Å². The van der Waals surface area contributed by atoms with Crippen LogP contribution in [0.1, 0.15) is 43.0 Å². The van der Waals surface area contributed by atoms with Gasteiger partial charge in [0.1, 0.15) is 11.2 Å². The summed E-state index contributed by atoms with van der Waals surface area (Å²) in [5.41, 5.74) is 0.126. The van der Waals surface area contributed by atoms with Crippen molar-refractivity contribution in [2.24, 2.45) is 0 Å². The minimum absolute atomic E-state index is 0.0273. The fourth-order valence-corrected chi connectivity index (χ4v) is 3.22. The lowest BCUT2D eigenvalue weighted by Gasteiger charge is -2.35. The number of carbonyl (C=O) groups excluding carboxylic acids is 2. The molecule has 132 valence electrons. The number of nitrogens with zero attached hydrogens (tertiary/aromatic N) is 3. The number of piperidine rings is 1. The molecule has 3 heterocycles. The number of ether oxygens (including phenoxy) is 1. The zero-order valence-electron chi connectivity index (χ0n) is 14.2. The van der Waals surface area contributed by atoms with E-state index >= 15 is 0 Å². The molecule has 2 aromatic heterocycles. The van der Waals surface area contributed by atoms with Gasteiger partial charge in [-0.25, -0.2) is 4.98 Å². The zero-order chi connectivity index (χ0) is 17.8. The van der Waals surface area contributed by atoms with E-state index in [9.17, 15) is 14.4 Å². The highest BCUT2D eigenvalue weighted by atomic mass is 16.5. The monoisotopic (exact) mass is 343 g/mol. The molecule has 0 N–H and O–H groups in total. The van der Waals surface area contributed by atoms with Gasteiger partial charge in [-0.2, -0.15) is 0 Å². The molecule has 1 aliphatic rings. The number of esters is 1. The number of rotatable bonds is 4. The second kappa shape index (κ2) is 7.46. The first-order valence-electron chi connectivity index (χ1n) is 8.54. The molecule has 1 amide bonds. The second-order valence-corrected chi connectivity index (χ2v) is 6.06. The molecule has 1 saturated heterocycles. The number of hydrogen-bond acceptors (Lipinski definition) is 5. The van der Waals surface area contributed by atoms with Gasteiger partial charge in [0.05, 0.1) is 13.0 Å². The molecule has 0 saturated carbocycles. The molecule has 2 aromatic rings. The fourth-order valence-electron chi connectivity index (χ4n) is 3.22. The molecule has 0 aromatic carbocycles. The molecule has 25 heavy (non-hydrogen) atoms. The quantitative estimate of drug-likeness (QED) is 0.789. The van der Waals surface area contributed by atoms with Crippen LogP contribution in [0.4, 0.5) is 0 Å². The molecule has 7 heteroatoms. The van der Waals surface area contributed by atoms with Gasteiger partial charge in [-0.1, -0.05) is 6.07 Å². The molecule has 0 bridgehead atoms. The SMILES string of the molecule is CCOC(=O)CC1CCCCN1C(=O)c1cnc2ccccn2c1=O. The van der Waals surface area contributed by atoms with Gasteiger partial charge in [0.2, 0.25) is 0 Å². The Kier molecular flexibility index (Phi) is 5.11. The Morgan fingerprint density at radius 1 is 1.32 bits per heavy atom. The van der Waals surface area contributed by atoms with Crippen molar-refractivity contribution in [1.29, 1.82) is 0 Å². The summed E-state index contributed by atoms with van der Waals surface area (Å²) in [6.45, 7) is 2.60.